The molecule has 0 unspecified atom stereocenters. The van der Waals surface area contributed by atoms with E-state index in [-0.39, 0.29) is 0 Å². The summed E-state index contributed by atoms with van der Waals surface area (Å²) in [5, 5.41) is 0. The lowest BCUT2D eigenvalue weighted by Gasteiger charge is -2.11. The standard InChI is InChI=1S/C8H18P/c1-4-7-9(6-3)8-5-2/h3-8H2,1-2H3. The summed E-state index contributed by atoms with van der Waals surface area (Å²) in [5.74, 6) is 0. The van der Waals surface area contributed by atoms with Crippen LogP contribution in [0.15, 0.2) is 0 Å². The fourth-order valence-corrected chi connectivity index (χ4v) is 2.90. The van der Waals surface area contributed by atoms with Gasteiger partial charge in [-0.3, -0.25) is 0 Å². The summed E-state index contributed by atoms with van der Waals surface area (Å²) >= 11 is 0. The first-order valence-electron chi connectivity index (χ1n) is 3.86. The fraction of sp³-hybridized carbons (Fsp3) is 0.875. The van der Waals surface area contributed by atoms with E-state index >= 15 is 0 Å². The van der Waals surface area contributed by atoms with Gasteiger partial charge in [-0.25, -0.2) is 0 Å². The van der Waals surface area contributed by atoms with Crippen LogP contribution in [0, 0.1) is 6.92 Å². The molecule has 0 aliphatic heterocycles. The van der Waals surface area contributed by atoms with Crippen LogP contribution in [0.5, 0.6) is 0 Å². The molecule has 55 valence electrons. The largest absolute Gasteiger partial charge is 0.107 e. The number of hydrogen-bond donors (Lipinski definition) is 0. The third kappa shape index (κ3) is 4.90. The second-order valence-corrected chi connectivity index (χ2v) is 5.02. The summed E-state index contributed by atoms with van der Waals surface area (Å²) in [5.41, 5.74) is 0. The highest BCUT2D eigenvalue weighted by Crippen LogP contribution is 2.35. The molecular weight excluding hydrogens is 127 g/mol. The third-order valence-corrected chi connectivity index (χ3v) is 4.19. The first-order valence-corrected chi connectivity index (χ1v) is 5.76. The van der Waals surface area contributed by atoms with Crippen LogP contribution in [0.3, 0.4) is 0 Å². The highest BCUT2D eigenvalue weighted by atomic mass is 31.1. The predicted molar refractivity (Wildman–Crippen MR) is 47.5 cm³/mol. The van der Waals surface area contributed by atoms with Gasteiger partial charge in [0.1, 0.15) is 0 Å². The highest BCUT2D eigenvalue weighted by molar-refractivity contribution is 7.57. The molecule has 0 saturated carbocycles. The van der Waals surface area contributed by atoms with Crippen LogP contribution in [0.1, 0.15) is 26.7 Å². The van der Waals surface area contributed by atoms with Crippen molar-refractivity contribution in [3.05, 3.63) is 6.92 Å². The van der Waals surface area contributed by atoms with E-state index in [4.69, 9.17) is 0 Å². The maximum atomic E-state index is 3.95. The summed E-state index contributed by atoms with van der Waals surface area (Å²) in [7, 11) is 0.330. The Bertz CT molecular complexity index is 46.5. The van der Waals surface area contributed by atoms with E-state index in [1.165, 1.54) is 31.3 Å². The zero-order valence-electron chi connectivity index (χ0n) is 6.69. The van der Waals surface area contributed by atoms with Crippen molar-refractivity contribution in [2.24, 2.45) is 0 Å². The van der Waals surface area contributed by atoms with Gasteiger partial charge in [-0.1, -0.05) is 26.7 Å². The van der Waals surface area contributed by atoms with Crippen molar-refractivity contribution in [3.8, 4) is 0 Å². The molecule has 0 heterocycles. The van der Waals surface area contributed by atoms with Gasteiger partial charge in [-0.15, -0.1) is 7.92 Å². The van der Waals surface area contributed by atoms with Crippen molar-refractivity contribution in [2.75, 3.05) is 18.5 Å². The van der Waals surface area contributed by atoms with Crippen LogP contribution >= 0.6 is 7.92 Å². The van der Waals surface area contributed by atoms with Gasteiger partial charge in [0.2, 0.25) is 0 Å². The summed E-state index contributed by atoms with van der Waals surface area (Å²) < 4.78 is 0. The second kappa shape index (κ2) is 6.55. The van der Waals surface area contributed by atoms with E-state index < -0.39 is 0 Å². The molecular formula is C8H18P. The Hall–Kier alpha value is 0.430. The molecule has 0 nitrogen and oxygen atoms in total. The first-order chi connectivity index (χ1) is 4.35. The fourth-order valence-electron chi connectivity index (χ4n) is 0.968. The van der Waals surface area contributed by atoms with Crippen LogP contribution in [-0.4, -0.2) is 18.5 Å². The summed E-state index contributed by atoms with van der Waals surface area (Å²) in [6, 6.07) is 0. The molecule has 0 fully saturated rings. The van der Waals surface area contributed by atoms with Gasteiger partial charge in [0.25, 0.3) is 0 Å². The van der Waals surface area contributed by atoms with E-state index in [1.54, 1.807) is 0 Å². The average Bonchev–Trinajstić information content (AvgIpc) is 1.88. The Morgan fingerprint density at radius 2 is 1.56 bits per heavy atom. The van der Waals surface area contributed by atoms with Crippen LogP contribution in [0.4, 0.5) is 0 Å². The lowest BCUT2D eigenvalue weighted by atomic mass is 10.6. The molecule has 0 bridgehead atoms. The number of hydrogen-bond acceptors (Lipinski definition) is 0. The molecule has 0 atom stereocenters. The quantitative estimate of drug-likeness (QED) is 0.521. The molecule has 0 rings (SSSR count). The Kier molecular flexibility index (Phi) is 6.86. The van der Waals surface area contributed by atoms with Crippen LogP contribution in [0.2, 0.25) is 0 Å². The SMILES string of the molecule is [CH2]CP(CCC)CCC. The lowest BCUT2D eigenvalue weighted by Crippen LogP contribution is -1.89. The molecule has 0 aliphatic carbocycles. The van der Waals surface area contributed by atoms with E-state index in [2.05, 4.69) is 20.8 Å². The Balaban J connectivity index is 3.18. The maximum absolute atomic E-state index is 3.95. The molecule has 0 saturated heterocycles. The van der Waals surface area contributed by atoms with Gasteiger partial charge in [-0.05, 0) is 25.4 Å². The highest BCUT2D eigenvalue weighted by Gasteiger charge is 2.00. The molecule has 0 spiro atoms. The minimum absolute atomic E-state index is 0.330. The van der Waals surface area contributed by atoms with E-state index in [0.29, 0.717) is 7.92 Å². The van der Waals surface area contributed by atoms with Crippen LogP contribution in [-0.2, 0) is 0 Å². The zero-order chi connectivity index (χ0) is 7.11. The van der Waals surface area contributed by atoms with Crippen molar-refractivity contribution in [2.45, 2.75) is 26.7 Å². The monoisotopic (exact) mass is 145 g/mol. The van der Waals surface area contributed by atoms with Crippen molar-refractivity contribution in [3.63, 3.8) is 0 Å². The molecule has 1 radical (unpaired) electrons. The normalized spacial score (nSPS) is 10.7. The topological polar surface area (TPSA) is 0 Å². The first kappa shape index (κ1) is 9.43. The molecule has 0 aromatic carbocycles. The summed E-state index contributed by atoms with van der Waals surface area (Å²) in [4.78, 5) is 0. The second-order valence-electron chi connectivity index (χ2n) is 2.34. The van der Waals surface area contributed by atoms with Crippen molar-refractivity contribution in [1.29, 1.82) is 0 Å². The van der Waals surface area contributed by atoms with Gasteiger partial charge < -0.3 is 0 Å². The molecule has 1 heteroatoms. The van der Waals surface area contributed by atoms with Crippen molar-refractivity contribution in [1.82, 2.24) is 0 Å². The molecule has 0 aliphatic rings. The predicted octanol–water partition coefficient (Wildman–Crippen LogP) is 3.12. The van der Waals surface area contributed by atoms with Gasteiger partial charge >= 0.3 is 0 Å². The minimum atomic E-state index is 0.330. The van der Waals surface area contributed by atoms with Gasteiger partial charge in [-0.2, -0.15) is 0 Å². The zero-order valence-corrected chi connectivity index (χ0v) is 7.58. The lowest BCUT2D eigenvalue weighted by molar-refractivity contribution is 1.05. The molecule has 0 aromatic rings. The van der Waals surface area contributed by atoms with Crippen molar-refractivity contribution >= 4 is 7.92 Å². The molecule has 0 amide bonds. The Morgan fingerprint density at radius 1 is 1.11 bits per heavy atom. The summed E-state index contributed by atoms with van der Waals surface area (Å²) in [6.45, 7) is 8.48. The average molecular weight is 145 g/mol. The van der Waals surface area contributed by atoms with E-state index in [1.807, 2.05) is 0 Å². The molecule has 0 aromatic heterocycles. The van der Waals surface area contributed by atoms with Gasteiger partial charge in [0.15, 0.2) is 0 Å². The van der Waals surface area contributed by atoms with E-state index in [9.17, 15) is 0 Å². The molecule has 0 N–H and O–H groups in total. The van der Waals surface area contributed by atoms with Gasteiger partial charge in [0.05, 0.1) is 0 Å². The Labute approximate surface area is 60.8 Å². The van der Waals surface area contributed by atoms with Crippen molar-refractivity contribution < 1.29 is 0 Å². The minimum Gasteiger partial charge on any atom is -0.107 e. The van der Waals surface area contributed by atoms with E-state index in [0.717, 1.165) is 0 Å². The smallest absolute Gasteiger partial charge is 0.0326 e. The van der Waals surface area contributed by atoms with Crippen LogP contribution < -0.4 is 0 Å². The number of rotatable bonds is 5. The Morgan fingerprint density at radius 3 is 1.78 bits per heavy atom. The van der Waals surface area contributed by atoms with Gasteiger partial charge in [0, 0.05) is 0 Å². The third-order valence-electron chi connectivity index (χ3n) is 1.40. The molecule has 9 heavy (non-hydrogen) atoms. The maximum Gasteiger partial charge on any atom is -0.0326 e. The van der Waals surface area contributed by atoms with Crippen LogP contribution in [0.25, 0.3) is 0 Å². The summed E-state index contributed by atoms with van der Waals surface area (Å²) in [6.07, 6.45) is 6.76.